The largest absolute Gasteiger partial charge is 0.356 e. The fourth-order valence-corrected chi connectivity index (χ4v) is 1.68. The molecule has 1 rings (SSSR count). The minimum atomic E-state index is -0.192. The van der Waals surface area contributed by atoms with Gasteiger partial charge in [-0.25, -0.2) is 4.39 Å². The van der Waals surface area contributed by atoms with Crippen molar-refractivity contribution in [3.8, 4) is 0 Å². The Labute approximate surface area is 138 Å². The Morgan fingerprint density at radius 3 is 2.30 bits per heavy atom. The maximum Gasteiger partial charge on any atom is 0.190 e. The van der Waals surface area contributed by atoms with Gasteiger partial charge in [-0.05, 0) is 36.5 Å². The fraction of sp³-hybridized carbons (Fsp3) is 0.533. The topological polar surface area (TPSA) is 36.4 Å². The van der Waals surface area contributed by atoms with Crippen molar-refractivity contribution < 1.29 is 4.39 Å². The van der Waals surface area contributed by atoms with Crippen LogP contribution in [-0.4, -0.2) is 26.1 Å². The molecule has 0 fully saturated rings. The van der Waals surface area contributed by atoms with Gasteiger partial charge in [0.2, 0.25) is 0 Å². The predicted molar refractivity (Wildman–Crippen MR) is 94.3 cm³/mol. The first kappa shape index (κ1) is 19.1. The molecule has 0 unspecified atom stereocenters. The summed E-state index contributed by atoms with van der Waals surface area (Å²) >= 11 is 0. The molecule has 0 aliphatic rings. The summed E-state index contributed by atoms with van der Waals surface area (Å²) in [5.74, 6) is 1.32. The van der Waals surface area contributed by atoms with Gasteiger partial charge in [-0.1, -0.05) is 26.0 Å². The number of benzene rings is 1. The van der Waals surface area contributed by atoms with E-state index >= 15 is 0 Å². The van der Waals surface area contributed by atoms with Gasteiger partial charge in [0.25, 0.3) is 0 Å². The third-order valence-corrected chi connectivity index (χ3v) is 2.86. The van der Waals surface area contributed by atoms with Crippen molar-refractivity contribution in [1.29, 1.82) is 0 Å². The first-order valence-corrected chi connectivity index (χ1v) is 6.80. The predicted octanol–water partition coefficient (Wildman–Crippen LogP) is 3.20. The van der Waals surface area contributed by atoms with Gasteiger partial charge in [0.15, 0.2) is 5.96 Å². The maximum absolute atomic E-state index is 12.8. The van der Waals surface area contributed by atoms with Gasteiger partial charge in [-0.3, -0.25) is 4.99 Å². The Morgan fingerprint density at radius 2 is 1.75 bits per heavy atom. The monoisotopic (exact) mass is 393 g/mol. The minimum absolute atomic E-state index is 0. The van der Waals surface area contributed by atoms with Gasteiger partial charge in [0, 0.05) is 20.1 Å². The number of hydrogen-bond acceptors (Lipinski definition) is 1. The Balaban J connectivity index is 0.00000361. The summed E-state index contributed by atoms with van der Waals surface area (Å²) in [7, 11) is 1.77. The van der Waals surface area contributed by atoms with Crippen molar-refractivity contribution >= 4 is 29.9 Å². The molecule has 0 bridgehead atoms. The number of halogens is 2. The molecule has 0 spiro atoms. The van der Waals surface area contributed by atoms with Gasteiger partial charge in [0.05, 0.1) is 0 Å². The number of aliphatic imine (C=N–C) groups is 1. The van der Waals surface area contributed by atoms with Crippen LogP contribution in [0.5, 0.6) is 0 Å². The van der Waals surface area contributed by atoms with Crippen LogP contribution in [0.1, 0.15) is 25.8 Å². The standard InChI is InChI=1S/C15H24FN3.HI/c1-12(2)8-10-18-15(17-3)19-11-9-13-4-6-14(16)7-5-13;/h4-7,12H,8-11H2,1-3H3,(H2,17,18,19);1H. The second-order valence-corrected chi connectivity index (χ2v) is 4.98. The second kappa shape index (κ2) is 10.9. The third-order valence-electron chi connectivity index (χ3n) is 2.86. The molecule has 3 nitrogen and oxygen atoms in total. The molecule has 0 amide bonds. The molecule has 0 atom stereocenters. The zero-order valence-electron chi connectivity index (χ0n) is 12.4. The molecule has 0 aliphatic heterocycles. The lowest BCUT2D eigenvalue weighted by Gasteiger charge is -2.12. The van der Waals surface area contributed by atoms with Crippen LogP contribution < -0.4 is 10.6 Å². The summed E-state index contributed by atoms with van der Waals surface area (Å²) in [6.45, 7) is 6.11. The minimum Gasteiger partial charge on any atom is -0.356 e. The highest BCUT2D eigenvalue weighted by Crippen LogP contribution is 2.02. The van der Waals surface area contributed by atoms with Crippen molar-refractivity contribution in [2.24, 2.45) is 10.9 Å². The molecule has 0 saturated heterocycles. The normalized spacial score (nSPS) is 11.2. The lowest BCUT2D eigenvalue weighted by Crippen LogP contribution is -2.39. The lowest BCUT2D eigenvalue weighted by molar-refractivity contribution is 0.573. The number of rotatable bonds is 6. The zero-order valence-corrected chi connectivity index (χ0v) is 14.8. The molecule has 20 heavy (non-hydrogen) atoms. The molecule has 1 aromatic rings. The quantitative estimate of drug-likeness (QED) is 0.443. The number of hydrogen-bond donors (Lipinski definition) is 2. The SMILES string of the molecule is CN=C(NCCc1ccc(F)cc1)NCCC(C)C.I. The van der Waals surface area contributed by atoms with E-state index in [9.17, 15) is 4.39 Å². The molecule has 2 N–H and O–H groups in total. The highest BCUT2D eigenvalue weighted by Gasteiger charge is 1.99. The van der Waals surface area contributed by atoms with Crippen LogP contribution >= 0.6 is 24.0 Å². The first-order valence-electron chi connectivity index (χ1n) is 6.80. The lowest BCUT2D eigenvalue weighted by atomic mass is 10.1. The highest BCUT2D eigenvalue weighted by molar-refractivity contribution is 14.0. The van der Waals surface area contributed by atoms with Gasteiger partial charge < -0.3 is 10.6 Å². The average molecular weight is 393 g/mol. The van der Waals surface area contributed by atoms with Crippen molar-refractivity contribution in [3.63, 3.8) is 0 Å². The van der Waals surface area contributed by atoms with Crippen LogP contribution in [-0.2, 0) is 6.42 Å². The summed E-state index contributed by atoms with van der Waals surface area (Å²) in [6, 6.07) is 6.61. The van der Waals surface area contributed by atoms with E-state index in [1.165, 1.54) is 12.1 Å². The van der Waals surface area contributed by atoms with Crippen LogP contribution in [0.3, 0.4) is 0 Å². The Hall–Kier alpha value is -0.850. The van der Waals surface area contributed by atoms with Crippen molar-refractivity contribution in [1.82, 2.24) is 10.6 Å². The molecule has 0 heterocycles. The molecule has 0 aliphatic carbocycles. The van der Waals surface area contributed by atoms with E-state index in [1.807, 2.05) is 12.1 Å². The maximum atomic E-state index is 12.8. The van der Waals surface area contributed by atoms with E-state index < -0.39 is 0 Å². The van der Waals surface area contributed by atoms with Gasteiger partial charge >= 0.3 is 0 Å². The van der Waals surface area contributed by atoms with E-state index in [4.69, 9.17) is 0 Å². The fourth-order valence-electron chi connectivity index (χ4n) is 1.68. The molecule has 114 valence electrons. The molecular formula is C15H25FIN3. The van der Waals surface area contributed by atoms with Crippen LogP contribution in [0.2, 0.25) is 0 Å². The van der Waals surface area contributed by atoms with E-state index in [0.717, 1.165) is 37.5 Å². The van der Waals surface area contributed by atoms with Crippen molar-refractivity contribution in [2.45, 2.75) is 26.7 Å². The molecule has 1 aromatic carbocycles. The van der Waals surface area contributed by atoms with Gasteiger partial charge in [-0.2, -0.15) is 0 Å². The Morgan fingerprint density at radius 1 is 1.15 bits per heavy atom. The van der Waals surface area contributed by atoms with Gasteiger partial charge in [0.1, 0.15) is 5.82 Å². The van der Waals surface area contributed by atoms with E-state index in [-0.39, 0.29) is 29.8 Å². The summed E-state index contributed by atoms with van der Waals surface area (Å²) in [5, 5.41) is 6.53. The van der Waals surface area contributed by atoms with E-state index in [0.29, 0.717) is 5.92 Å². The number of guanidine groups is 1. The molecule has 5 heteroatoms. The zero-order chi connectivity index (χ0) is 14.1. The molecular weight excluding hydrogens is 368 g/mol. The second-order valence-electron chi connectivity index (χ2n) is 4.98. The number of nitrogens with one attached hydrogen (secondary N) is 2. The summed E-state index contributed by atoms with van der Waals surface area (Å²) < 4.78 is 12.8. The van der Waals surface area contributed by atoms with Crippen LogP contribution in [0.15, 0.2) is 29.3 Å². The van der Waals surface area contributed by atoms with Crippen molar-refractivity contribution in [2.75, 3.05) is 20.1 Å². The van der Waals surface area contributed by atoms with E-state index in [2.05, 4.69) is 29.5 Å². The highest BCUT2D eigenvalue weighted by atomic mass is 127. The molecule has 0 aromatic heterocycles. The summed E-state index contributed by atoms with van der Waals surface area (Å²) in [4.78, 5) is 4.16. The van der Waals surface area contributed by atoms with Crippen LogP contribution in [0.25, 0.3) is 0 Å². The molecule has 0 radical (unpaired) electrons. The van der Waals surface area contributed by atoms with Crippen LogP contribution in [0, 0.1) is 11.7 Å². The summed E-state index contributed by atoms with van der Waals surface area (Å²) in [6.07, 6.45) is 1.98. The molecule has 0 saturated carbocycles. The van der Waals surface area contributed by atoms with Gasteiger partial charge in [-0.15, -0.1) is 24.0 Å². The number of nitrogens with zero attached hydrogens (tertiary/aromatic N) is 1. The van der Waals surface area contributed by atoms with E-state index in [1.54, 1.807) is 7.05 Å². The van der Waals surface area contributed by atoms with Crippen LogP contribution in [0.4, 0.5) is 4.39 Å². The smallest absolute Gasteiger partial charge is 0.190 e. The average Bonchev–Trinajstić information content (AvgIpc) is 2.39. The summed E-state index contributed by atoms with van der Waals surface area (Å²) in [5.41, 5.74) is 1.12. The Bertz CT molecular complexity index is 391. The Kier molecular flexibility index (Phi) is 10.4. The first-order chi connectivity index (χ1) is 9.11. The third kappa shape index (κ3) is 8.35. The van der Waals surface area contributed by atoms with Crippen molar-refractivity contribution in [3.05, 3.63) is 35.6 Å².